The molecule has 100 valence electrons. The molecule has 1 N–H and O–H groups in total. The molecule has 1 aromatic carbocycles. The van der Waals surface area contributed by atoms with E-state index < -0.39 is 12.1 Å². The molecule has 0 radical (unpaired) electrons. The Kier molecular flexibility index (Phi) is 3.97. The number of carbonyl (C=O) groups excluding carboxylic acids is 1. The molecule has 2 aromatic rings. The van der Waals surface area contributed by atoms with E-state index in [-0.39, 0.29) is 23.8 Å². The minimum atomic E-state index is -1.02. The normalized spacial score (nSPS) is 12.2. The Labute approximate surface area is 109 Å². The molecule has 1 heterocycles. The van der Waals surface area contributed by atoms with E-state index in [1.165, 1.54) is 25.3 Å². The Balaban J connectivity index is 2.12. The van der Waals surface area contributed by atoms with E-state index in [1.807, 2.05) is 0 Å². The molecule has 19 heavy (non-hydrogen) atoms. The van der Waals surface area contributed by atoms with E-state index in [9.17, 15) is 14.3 Å². The zero-order valence-electron chi connectivity index (χ0n) is 10.3. The highest BCUT2D eigenvalue weighted by Crippen LogP contribution is 2.22. The van der Waals surface area contributed by atoms with Crippen molar-refractivity contribution in [2.45, 2.75) is 12.5 Å². The molecule has 0 saturated carbocycles. The molecule has 0 amide bonds. The summed E-state index contributed by atoms with van der Waals surface area (Å²) in [6.07, 6.45) is -0.948. The molecule has 0 saturated heterocycles. The van der Waals surface area contributed by atoms with Crippen LogP contribution >= 0.6 is 0 Å². The van der Waals surface area contributed by atoms with Crippen LogP contribution in [0.3, 0.4) is 0 Å². The van der Waals surface area contributed by atoms with Crippen LogP contribution in [0.5, 0.6) is 0 Å². The van der Waals surface area contributed by atoms with Crippen molar-refractivity contribution < 1.29 is 23.4 Å². The van der Waals surface area contributed by atoms with Crippen LogP contribution in [-0.2, 0) is 11.2 Å². The predicted molar refractivity (Wildman–Crippen MR) is 65.1 cm³/mol. The van der Waals surface area contributed by atoms with Crippen LogP contribution in [0.25, 0.3) is 0 Å². The Morgan fingerprint density at radius 2 is 2.11 bits per heavy atom. The van der Waals surface area contributed by atoms with Crippen LogP contribution < -0.4 is 0 Å². The third kappa shape index (κ3) is 3.00. The number of furan rings is 1. The summed E-state index contributed by atoms with van der Waals surface area (Å²) in [7, 11) is 1.24. The van der Waals surface area contributed by atoms with Gasteiger partial charge in [0.05, 0.1) is 7.11 Å². The van der Waals surface area contributed by atoms with E-state index in [0.717, 1.165) is 0 Å². The second kappa shape index (κ2) is 5.67. The van der Waals surface area contributed by atoms with Gasteiger partial charge in [-0.15, -0.1) is 0 Å². The zero-order chi connectivity index (χ0) is 13.8. The van der Waals surface area contributed by atoms with Gasteiger partial charge >= 0.3 is 5.97 Å². The lowest BCUT2D eigenvalue weighted by molar-refractivity contribution is 0.0555. The first kappa shape index (κ1) is 13.3. The third-order valence-electron chi connectivity index (χ3n) is 2.71. The van der Waals surface area contributed by atoms with Gasteiger partial charge in [-0.05, 0) is 23.8 Å². The number of esters is 1. The van der Waals surface area contributed by atoms with Crippen molar-refractivity contribution in [3.05, 3.63) is 59.3 Å². The van der Waals surface area contributed by atoms with Crippen LogP contribution in [0.2, 0.25) is 0 Å². The van der Waals surface area contributed by atoms with Gasteiger partial charge in [0.25, 0.3) is 0 Å². The minimum absolute atomic E-state index is 0.00471. The fourth-order valence-electron chi connectivity index (χ4n) is 1.72. The van der Waals surface area contributed by atoms with Gasteiger partial charge in [-0.25, -0.2) is 9.18 Å². The van der Waals surface area contributed by atoms with Crippen LogP contribution in [0.4, 0.5) is 4.39 Å². The first-order chi connectivity index (χ1) is 9.11. The van der Waals surface area contributed by atoms with Gasteiger partial charge in [-0.2, -0.15) is 0 Å². The Morgan fingerprint density at radius 1 is 1.37 bits per heavy atom. The molecule has 0 aliphatic rings. The average molecular weight is 264 g/mol. The number of hydrogen-bond donors (Lipinski definition) is 1. The molecule has 0 aliphatic carbocycles. The van der Waals surface area contributed by atoms with Gasteiger partial charge in [0.15, 0.2) is 0 Å². The molecule has 5 heteroatoms. The number of aliphatic hydroxyl groups excluding tert-OH is 1. The van der Waals surface area contributed by atoms with E-state index in [0.29, 0.717) is 5.56 Å². The molecule has 1 aromatic heterocycles. The average Bonchev–Trinajstić information content (AvgIpc) is 2.90. The Bertz CT molecular complexity index is 576. The smallest absolute Gasteiger partial charge is 0.373 e. The fraction of sp³-hybridized carbons (Fsp3) is 0.214. The number of ether oxygens (including phenoxy) is 1. The standard InChI is InChI=1S/C14H13FO4/c1-18-14(17)13-7-6-12(19-13)11(16)8-9-4-2-3-5-10(9)15/h2-7,11,16H,8H2,1H3. The zero-order valence-corrected chi connectivity index (χ0v) is 10.3. The van der Waals surface area contributed by atoms with Gasteiger partial charge in [0.1, 0.15) is 17.7 Å². The van der Waals surface area contributed by atoms with Crippen molar-refractivity contribution in [3.8, 4) is 0 Å². The molecule has 0 aliphatic heterocycles. The predicted octanol–water partition coefficient (Wildman–Crippen LogP) is 2.48. The quantitative estimate of drug-likeness (QED) is 0.862. The molecule has 4 nitrogen and oxygen atoms in total. The van der Waals surface area contributed by atoms with Crippen LogP contribution in [0, 0.1) is 5.82 Å². The lowest BCUT2D eigenvalue weighted by atomic mass is 10.1. The summed E-state index contributed by atoms with van der Waals surface area (Å²) < 4.78 is 23.1. The van der Waals surface area contributed by atoms with Gasteiger partial charge in [0, 0.05) is 6.42 Å². The second-order valence-electron chi connectivity index (χ2n) is 4.00. The topological polar surface area (TPSA) is 59.7 Å². The summed E-state index contributed by atoms with van der Waals surface area (Å²) in [6.45, 7) is 0. The second-order valence-corrected chi connectivity index (χ2v) is 4.00. The number of hydrogen-bond acceptors (Lipinski definition) is 4. The first-order valence-electron chi connectivity index (χ1n) is 5.71. The summed E-state index contributed by atoms with van der Waals surface area (Å²) in [5.41, 5.74) is 0.381. The lowest BCUT2D eigenvalue weighted by Gasteiger charge is -2.08. The van der Waals surface area contributed by atoms with Crippen molar-refractivity contribution in [3.63, 3.8) is 0 Å². The lowest BCUT2D eigenvalue weighted by Crippen LogP contribution is -2.03. The fourth-order valence-corrected chi connectivity index (χ4v) is 1.72. The van der Waals surface area contributed by atoms with Crippen LogP contribution in [-0.4, -0.2) is 18.2 Å². The molecule has 0 bridgehead atoms. The van der Waals surface area contributed by atoms with E-state index in [2.05, 4.69) is 4.74 Å². The Morgan fingerprint density at radius 3 is 2.79 bits per heavy atom. The van der Waals surface area contributed by atoms with Crippen molar-refractivity contribution in [2.24, 2.45) is 0 Å². The molecule has 0 fully saturated rings. The SMILES string of the molecule is COC(=O)c1ccc(C(O)Cc2ccccc2F)o1. The maximum atomic E-state index is 13.4. The third-order valence-corrected chi connectivity index (χ3v) is 2.71. The molecular formula is C14H13FO4. The van der Waals surface area contributed by atoms with Crippen molar-refractivity contribution in [2.75, 3.05) is 7.11 Å². The summed E-state index contributed by atoms with van der Waals surface area (Å²) in [6, 6.07) is 9.05. The largest absolute Gasteiger partial charge is 0.463 e. The van der Waals surface area contributed by atoms with Crippen LogP contribution in [0.15, 0.2) is 40.8 Å². The van der Waals surface area contributed by atoms with Gasteiger partial charge in [-0.1, -0.05) is 18.2 Å². The monoisotopic (exact) mass is 264 g/mol. The maximum Gasteiger partial charge on any atom is 0.373 e. The highest BCUT2D eigenvalue weighted by molar-refractivity contribution is 5.86. The molecule has 0 spiro atoms. The number of benzene rings is 1. The van der Waals surface area contributed by atoms with Crippen LogP contribution in [0.1, 0.15) is 28.0 Å². The highest BCUT2D eigenvalue weighted by atomic mass is 19.1. The molecular weight excluding hydrogens is 251 g/mol. The van der Waals surface area contributed by atoms with Crippen molar-refractivity contribution in [1.82, 2.24) is 0 Å². The number of rotatable bonds is 4. The van der Waals surface area contributed by atoms with Crippen molar-refractivity contribution >= 4 is 5.97 Å². The molecule has 2 rings (SSSR count). The van der Waals surface area contributed by atoms with E-state index in [4.69, 9.17) is 4.42 Å². The molecule has 1 unspecified atom stereocenters. The van der Waals surface area contributed by atoms with E-state index in [1.54, 1.807) is 18.2 Å². The summed E-state index contributed by atoms with van der Waals surface area (Å²) in [4.78, 5) is 11.2. The maximum absolute atomic E-state index is 13.4. The number of halogens is 1. The summed E-state index contributed by atoms with van der Waals surface area (Å²) >= 11 is 0. The van der Waals surface area contributed by atoms with Crippen molar-refractivity contribution in [1.29, 1.82) is 0 Å². The number of aliphatic hydroxyl groups is 1. The van der Waals surface area contributed by atoms with Gasteiger partial charge in [0.2, 0.25) is 5.76 Å². The van der Waals surface area contributed by atoms with Gasteiger partial charge < -0.3 is 14.3 Å². The van der Waals surface area contributed by atoms with E-state index >= 15 is 0 Å². The number of methoxy groups -OCH3 is 1. The Hall–Kier alpha value is -2.14. The summed E-state index contributed by atoms with van der Waals surface area (Å²) in [5.74, 6) is -0.806. The van der Waals surface area contributed by atoms with Gasteiger partial charge in [-0.3, -0.25) is 0 Å². The summed E-state index contributed by atoms with van der Waals surface area (Å²) in [5, 5.41) is 9.95. The molecule has 1 atom stereocenters. The minimum Gasteiger partial charge on any atom is -0.463 e. The highest BCUT2D eigenvalue weighted by Gasteiger charge is 2.18. The first-order valence-corrected chi connectivity index (χ1v) is 5.71. The number of carbonyl (C=O) groups is 1.